The van der Waals surface area contributed by atoms with Gasteiger partial charge in [-0.2, -0.15) is 17.5 Å². The lowest BCUT2D eigenvalue weighted by Crippen LogP contribution is -2.32. The van der Waals surface area contributed by atoms with Gasteiger partial charge in [-0.3, -0.25) is 0 Å². The fourth-order valence-corrected chi connectivity index (χ4v) is 3.68. The standard InChI is InChI=1S/C11H13BrF3NO2S/c1-2-16(7-6-12)19(17,18)10-5-3-4-9(8-10)11(13,14)15/h3-5,8H,2,6-7H2,1H3. The zero-order valence-electron chi connectivity index (χ0n) is 10.1. The summed E-state index contributed by atoms with van der Waals surface area (Å²) in [5.41, 5.74) is -0.969. The van der Waals surface area contributed by atoms with Gasteiger partial charge in [0.05, 0.1) is 10.5 Å². The van der Waals surface area contributed by atoms with Gasteiger partial charge in [-0.25, -0.2) is 8.42 Å². The average Bonchev–Trinajstić information content (AvgIpc) is 2.34. The predicted octanol–water partition coefficient (Wildman–Crippen LogP) is 3.11. The summed E-state index contributed by atoms with van der Waals surface area (Å²) in [5, 5.41) is 0.416. The summed E-state index contributed by atoms with van der Waals surface area (Å²) >= 11 is 3.12. The summed E-state index contributed by atoms with van der Waals surface area (Å²) in [7, 11) is -3.89. The molecule has 0 bridgehead atoms. The van der Waals surface area contributed by atoms with E-state index in [0.29, 0.717) is 11.4 Å². The lowest BCUT2D eigenvalue weighted by Gasteiger charge is -2.20. The van der Waals surface area contributed by atoms with E-state index in [-0.39, 0.29) is 18.0 Å². The van der Waals surface area contributed by atoms with Crippen LogP contribution in [0.3, 0.4) is 0 Å². The molecule has 108 valence electrons. The Morgan fingerprint density at radius 3 is 2.42 bits per heavy atom. The summed E-state index contributed by atoms with van der Waals surface area (Å²) in [5.74, 6) is 0. The van der Waals surface area contributed by atoms with Crippen molar-refractivity contribution in [3.05, 3.63) is 29.8 Å². The lowest BCUT2D eigenvalue weighted by molar-refractivity contribution is -0.137. The van der Waals surface area contributed by atoms with Crippen molar-refractivity contribution in [1.29, 1.82) is 0 Å². The first kappa shape index (κ1) is 16.5. The van der Waals surface area contributed by atoms with Crippen LogP contribution in [0, 0.1) is 0 Å². The number of hydrogen-bond donors (Lipinski definition) is 0. The third kappa shape index (κ3) is 3.93. The Hall–Kier alpha value is -0.600. The summed E-state index contributed by atoms with van der Waals surface area (Å²) in [6.07, 6.45) is -4.56. The van der Waals surface area contributed by atoms with E-state index in [1.54, 1.807) is 6.92 Å². The molecule has 0 N–H and O–H groups in total. The summed E-state index contributed by atoms with van der Waals surface area (Å²) in [6, 6.07) is 3.77. The molecule has 0 heterocycles. The molecule has 0 aromatic heterocycles. The van der Waals surface area contributed by atoms with Crippen molar-refractivity contribution in [2.75, 3.05) is 18.4 Å². The van der Waals surface area contributed by atoms with Gasteiger partial charge in [0.25, 0.3) is 0 Å². The first-order valence-corrected chi connectivity index (χ1v) is 8.03. The van der Waals surface area contributed by atoms with Gasteiger partial charge in [-0.05, 0) is 18.2 Å². The average molecular weight is 360 g/mol. The molecular formula is C11H13BrF3NO2S. The molecule has 0 amide bonds. The van der Waals surface area contributed by atoms with Gasteiger partial charge in [-0.1, -0.05) is 28.9 Å². The maximum atomic E-state index is 12.6. The zero-order chi connectivity index (χ0) is 14.7. The summed E-state index contributed by atoms with van der Waals surface area (Å²) in [4.78, 5) is -0.342. The number of sulfonamides is 1. The van der Waals surface area contributed by atoms with Crippen molar-refractivity contribution in [1.82, 2.24) is 4.31 Å². The number of nitrogens with zero attached hydrogens (tertiary/aromatic N) is 1. The molecule has 0 spiro atoms. The van der Waals surface area contributed by atoms with E-state index in [1.165, 1.54) is 6.07 Å². The molecule has 3 nitrogen and oxygen atoms in total. The molecule has 0 fully saturated rings. The summed E-state index contributed by atoms with van der Waals surface area (Å²) < 4.78 is 63.2. The first-order chi connectivity index (χ1) is 8.73. The molecule has 0 unspecified atom stereocenters. The minimum atomic E-state index is -4.56. The fourth-order valence-electron chi connectivity index (χ4n) is 1.52. The third-order valence-electron chi connectivity index (χ3n) is 2.49. The molecule has 0 atom stereocenters. The molecule has 0 radical (unpaired) electrons. The fraction of sp³-hybridized carbons (Fsp3) is 0.455. The van der Waals surface area contributed by atoms with E-state index in [1.807, 2.05) is 0 Å². The van der Waals surface area contributed by atoms with E-state index < -0.39 is 21.8 Å². The van der Waals surface area contributed by atoms with Crippen molar-refractivity contribution < 1.29 is 21.6 Å². The highest BCUT2D eigenvalue weighted by molar-refractivity contribution is 9.09. The van der Waals surface area contributed by atoms with Gasteiger partial charge in [0, 0.05) is 18.4 Å². The Kier molecular flexibility index (Phi) is 5.40. The normalized spacial score (nSPS) is 12.9. The van der Waals surface area contributed by atoms with Crippen LogP contribution < -0.4 is 0 Å². The highest BCUT2D eigenvalue weighted by atomic mass is 79.9. The zero-order valence-corrected chi connectivity index (χ0v) is 12.5. The van der Waals surface area contributed by atoms with Crippen LogP contribution >= 0.6 is 15.9 Å². The molecule has 0 aliphatic rings. The molecule has 1 rings (SSSR count). The first-order valence-electron chi connectivity index (χ1n) is 5.47. The Balaban J connectivity index is 3.22. The Morgan fingerprint density at radius 1 is 1.32 bits per heavy atom. The van der Waals surface area contributed by atoms with Gasteiger partial charge in [0.2, 0.25) is 10.0 Å². The smallest absolute Gasteiger partial charge is 0.207 e. The number of alkyl halides is 4. The van der Waals surface area contributed by atoms with E-state index in [4.69, 9.17) is 0 Å². The highest BCUT2D eigenvalue weighted by Gasteiger charge is 2.32. The SMILES string of the molecule is CCN(CCBr)S(=O)(=O)c1cccc(C(F)(F)F)c1. The van der Waals surface area contributed by atoms with Crippen molar-refractivity contribution in [3.8, 4) is 0 Å². The lowest BCUT2D eigenvalue weighted by atomic mass is 10.2. The second kappa shape index (κ2) is 6.23. The van der Waals surface area contributed by atoms with Crippen molar-refractivity contribution in [3.63, 3.8) is 0 Å². The predicted molar refractivity (Wildman–Crippen MR) is 69.7 cm³/mol. The molecule has 1 aromatic rings. The molecular weight excluding hydrogens is 347 g/mol. The van der Waals surface area contributed by atoms with Gasteiger partial charge < -0.3 is 0 Å². The van der Waals surface area contributed by atoms with Crippen LogP contribution in [-0.2, 0) is 16.2 Å². The Morgan fingerprint density at radius 2 is 1.95 bits per heavy atom. The maximum Gasteiger partial charge on any atom is 0.416 e. The Labute approximate surface area is 118 Å². The molecule has 8 heteroatoms. The van der Waals surface area contributed by atoms with Crippen molar-refractivity contribution in [2.24, 2.45) is 0 Å². The van der Waals surface area contributed by atoms with Crippen LogP contribution in [0.5, 0.6) is 0 Å². The van der Waals surface area contributed by atoms with E-state index in [9.17, 15) is 21.6 Å². The van der Waals surface area contributed by atoms with Crippen LogP contribution in [-0.4, -0.2) is 31.1 Å². The van der Waals surface area contributed by atoms with Gasteiger partial charge in [0.1, 0.15) is 0 Å². The number of hydrogen-bond acceptors (Lipinski definition) is 2. The van der Waals surface area contributed by atoms with Gasteiger partial charge >= 0.3 is 6.18 Å². The van der Waals surface area contributed by atoms with Crippen molar-refractivity contribution in [2.45, 2.75) is 18.0 Å². The Bertz CT molecular complexity index is 531. The van der Waals surface area contributed by atoms with Crippen LogP contribution in [0.4, 0.5) is 13.2 Å². The van der Waals surface area contributed by atoms with Crippen LogP contribution in [0.25, 0.3) is 0 Å². The molecule has 0 aliphatic heterocycles. The second-order valence-corrected chi connectivity index (χ2v) is 6.44. The van der Waals surface area contributed by atoms with Crippen LogP contribution in [0.15, 0.2) is 29.2 Å². The second-order valence-electron chi connectivity index (χ2n) is 3.71. The van der Waals surface area contributed by atoms with E-state index >= 15 is 0 Å². The monoisotopic (exact) mass is 359 g/mol. The largest absolute Gasteiger partial charge is 0.416 e. The molecule has 19 heavy (non-hydrogen) atoms. The number of benzene rings is 1. The van der Waals surface area contributed by atoms with E-state index in [2.05, 4.69) is 15.9 Å². The highest BCUT2D eigenvalue weighted by Crippen LogP contribution is 2.31. The molecule has 0 saturated carbocycles. The molecule has 0 saturated heterocycles. The van der Waals surface area contributed by atoms with Gasteiger partial charge in [0.15, 0.2) is 0 Å². The quantitative estimate of drug-likeness (QED) is 0.757. The van der Waals surface area contributed by atoms with Crippen LogP contribution in [0.2, 0.25) is 0 Å². The number of rotatable bonds is 5. The van der Waals surface area contributed by atoms with Gasteiger partial charge in [-0.15, -0.1) is 0 Å². The minimum Gasteiger partial charge on any atom is -0.207 e. The van der Waals surface area contributed by atoms with E-state index in [0.717, 1.165) is 16.4 Å². The molecule has 0 aliphatic carbocycles. The third-order valence-corrected chi connectivity index (χ3v) is 4.81. The minimum absolute atomic E-state index is 0.199. The topological polar surface area (TPSA) is 37.4 Å². The summed E-state index contributed by atoms with van der Waals surface area (Å²) in [6.45, 7) is 2.03. The van der Waals surface area contributed by atoms with Crippen LogP contribution in [0.1, 0.15) is 12.5 Å². The number of halogens is 4. The maximum absolute atomic E-state index is 12.6. The molecule has 1 aromatic carbocycles. The van der Waals surface area contributed by atoms with Crippen molar-refractivity contribution >= 4 is 26.0 Å².